The molecule has 0 aliphatic heterocycles. The van der Waals surface area contributed by atoms with E-state index in [1.807, 2.05) is 0 Å². The predicted octanol–water partition coefficient (Wildman–Crippen LogP) is 2.64. The monoisotopic (exact) mass is 313 g/mol. The van der Waals surface area contributed by atoms with Crippen LogP contribution in [0.1, 0.15) is 24.8 Å². The fraction of sp³-hybridized carbons (Fsp3) is 0.500. The van der Waals surface area contributed by atoms with E-state index in [9.17, 15) is 14.9 Å². The molecule has 3 N–H and O–H groups in total. The highest BCUT2D eigenvalue weighted by Gasteiger charge is 2.32. The summed E-state index contributed by atoms with van der Waals surface area (Å²) >= 11 is 0. The molecule has 0 radical (unpaired) electrons. The van der Waals surface area contributed by atoms with Gasteiger partial charge in [0.2, 0.25) is 5.91 Å². The number of nitro groups is 1. The summed E-state index contributed by atoms with van der Waals surface area (Å²) in [6, 6.07) is 4.70. The lowest BCUT2D eigenvalue weighted by molar-refractivity contribution is -0.385. The zero-order chi connectivity index (χ0) is 14.7. The lowest BCUT2D eigenvalue weighted by atomic mass is 9.95. The summed E-state index contributed by atoms with van der Waals surface area (Å²) in [7, 11) is 0. The Bertz CT molecular complexity index is 536. The van der Waals surface area contributed by atoms with E-state index in [2.05, 4.69) is 5.32 Å². The van der Waals surface area contributed by atoms with Crippen LogP contribution in [-0.4, -0.2) is 17.4 Å². The number of benzene rings is 1. The van der Waals surface area contributed by atoms with Gasteiger partial charge in [0.1, 0.15) is 0 Å². The first-order chi connectivity index (χ1) is 9.54. The number of nitro benzene ring substituents is 1. The lowest BCUT2D eigenvalue weighted by Crippen LogP contribution is -2.30. The number of amides is 1. The Balaban J connectivity index is 0.00000220. The van der Waals surface area contributed by atoms with Crippen LogP contribution in [0.3, 0.4) is 0 Å². The summed E-state index contributed by atoms with van der Waals surface area (Å²) in [4.78, 5) is 22.7. The second kappa shape index (κ2) is 7.38. The van der Waals surface area contributed by atoms with Crippen molar-refractivity contribution in [2.45, 2.75) is 26.2 Å². The Kier molecular flexibility index (Phi) is 6.11. The van der Waals surface area contributed by atoms with Crippen LogP contribution in [0.5, 0.6) is 0 Å². The van der Waals surface area contributed by atoms with Gasteiger partial charge in [-0.25, -0.2) is 0 Å². The zero-order valence-corrected chi connectivity index (χ0v) is 12.7. The molecule has 116 valence electrons. The topological polar surface area (TPSA) is 98.3 Å². The largest absolute Gasteiger partial charge is 0.330 e. The van der Waals surface area contributed by atoms with Gasteiger partial charge in [-0.05, 0) is 38.3 Å². The van der Waals surface area contributed by atoms with Crippen molar-refractivity contribution in [2.24, 2.45) is 17.6 Å². The predicted molar refractivity (Wildman–Crippen MR) is 83.6 cm³/mol. The van der Waals surface area contributed by atoms with Gasteiger partial charge in [-0.2, -0.15) is 0 Å². The minimum absolute atomic E-state index is 0. The van der Waals surface area contributed by atoms with Gasteiger partial charge >= 0.3 is 0 Å². The summed E-state index contributed by atoms with van der Waals surface area (Å²) in [6.07, 6.45) is 2.82. The minimum Gasteiger partial charge on any atom is -0.330 e. The molecule has 1 fully saturated rings. The number of rotatable bonds is 4. The van der Waals surface area contributed by atoms with E-state index >= 15 is 0 Å². The molecule has 0 unspecified atom stereocenters. The van der Waals surface area contributed by atoms with Gasteiger partial charge in [0, 0.05) is 12.0 Å². The lowest BCUT2D eigenvalue weighted by Gasteiger charge is -2.18. The summed E-state index contributed by atoms with van der Waals surface area (Å²) in [5, 5.41) is 13.7. The van der Waals surface area contributed by atoms with Crippen molar-refractivity contribution in [1.82, 2.24) is 0 Å². The maximum absolute atomic E-state index is 12.3. The summed E-state index contributed by atoms with van der Waals surface area (Å²) in [5.74, 6) is 0.0502. The Hall–Kier alpha value is -1.66. The molecule has 0 saturated heterocycles. The first-order valence-electron chi connectivity index (χ1n) is 6.79. The quantitative estimate of drug-likeness (QED) is 0.659. The van der Waals surface area contributed by atoms with E-state index in [1.165, 1.54) is 6.07 Å². The van der Waals surface area contributed by atoms with Gasteiger partial charge in [-0.1, -0.05) is 12.5 Å². The van der Waals surface area contributed by atoms with Gasteiger partial charge in [-0.3, -0.25) is 14.9 Å². The normalized spacial score (nSPS) is 20.7. The fourth-order valence-electron chi connectivity index (χ4n) is 2.85. The SMILES string of the molecule is Cc1c(NC(=O)[C@@H]2CCC[C@@H]2CN)cccc1[N+](=O)[O-].Cl. The molecular formula is C14H20ClN3O3. The molecule has 1 amide bonds. The van der Waals surface area contributed by atoms with Gasteiger partial charge in [-0.15, -0.1) is 12.4 Å². The Morgan fingerprint density at radius 3 is 2.81 bits per heavy atom. The molecule has 7 heteroatoms. The molecule has 0 heterocycles. The average Bonchev–Trinajstić information content (AvgIpc) is 2.89. The summed E-state index contributed by atoms with van der Waals surface area (Å²) in [6.45, 7) is 2.15. The van der Waals surface area contributed by atoms with E-state index in [1.54, 1.807) is 19.1 Å². The molecule has 6 nitrogen and oxygen atoms in total. The van der Waals surface area contributed by atoms with Crippen molar-refractivity contribution in [3.8, 4) is 0 Å². The number of carbonyl (C=O) groups is 1. The number of carbonyl (C=O) groups excluding carboxylic acids is 1. The van der Waals surface area contributed by atoms with Crippen LogP contribution < -0.4 is 11.1 Å². The molecule has 1 aromatic rings. The third-order valence-electron chi connectivity index (χ3n) is 4.06. The van der Waals surface area contributed by atoms with Crippen molar-refractivity contribution >= 4 is 29.7 Å². The van der Waals surface area contributed by atoms with Gasteiger partial charge in [0.15, 0.2) is 0 Å². The van der Waals surface area contributed by atoms with Crippen molar-refractivity contribution in [3.63, 3.8) is 0 Å². The van der Waals surface area contributed by atoms with Crippen LogP contribution in [0.25, 0.3) is 0 Å². The Labute approximate surface area is 129 Å². The highest BCUT2D eigenvalue weighted by atomic mass is 35.5. The average molecular weight is 314 g/mol. The molecule has 0 bridgehead atoms. The summed E-state index contributed by atoms with van der Waals surface area (Å²) < 4.78 is 0. The highest BCUT2D eigenvalue weighted by Crippen LogP contribution is 2.33. The third kappa shape index (κ3) is 3.71. The Morgan fingerprint density at radius 1 is 1.48 bits per heavy atom. The maximum Gasteiger partial charge on any atom is 0.274 e. The summed E-state index contributed by atoms with van der Waals surface area (Å²) in [5.41, 5.74) is 6.68. The number of hydrogen-bond acceptors (Lipinski definition) is 4. The molecule has 1 saturated carbocycles. The number of halogens is 1. The van der Waals surface area contributed by atoms with Gasteiger partial charge in [0.05, 0.1) is 16.2 Å². The third-order valence-corrected chi connectivity index (χ3v) is 4.06. The number of hydrogen-bond donors (Lipinski definition) is 2. The standard InChI is InChI=1S/C14H19N3O3.ClH/c1-9-12(6-3-7-13(9)17(19)20)16-14(18)11-5-2-4-10(11)8-15;/h3,6-7,10-11H,2,4-5,8,15H2,1H3,(H,16,18);1H/t10-,11-;/m1./s1. The van der Waals surface area contributed by atoms with Crippen LogP contribution in [0.15, 0.2) is 18.2 Å². The maximum atomic E-state index is 12.3. The number of nitrogens with one attached hydrogen (secondary N) is 1. The molecule has 1 aliphatic rings. The van der Waals surface area contributed by atoms with Gasteiger partial charge < -0.3 is 11.1 Å². The van der Waals surface area contributed by atoms with Crippen LogP contribution in [0.4, 0.5) is 11.4 Å². The number of nitrogens with zero attached hydrogens (tertiary/aromatic N) is 1. The van der Waals surface area contributed by atoms with Crippen LogP contribution >= 0.6 is 12.4 Å². The van der Waals surface area contributed by atoms with E-state index in [0.717, 1.165) is 19.3 Å². The smallest absolute Gasteiger partial charge is 0.274 e. The molecule has 2 rings (SSSR count). The molecule has 0 aromatic heterocycles. The van der Waals surface area contributed by atoms with Crippen molar-refractivity contribution < 1.29 is 9.72 Å². The molecule has 0 spiro atoms. The van der Waals surface area contributed by atoms with E-state index < -0.39 is 4.92 Å². The van der Waals surface area contributed by atoms with Crippen molar-refractivity contribution in [3.05, 3.63) is 33.9 Å². The van der Waals surface area contributed by atoms with E-state index in [0.29, 0.717) is 17.8 Å². The van der Waals surface area contributed by atoms with Crippen LogP contribution in [-0.2, 0) is 4.79 Å². The van der Waals surface area contributed by atoms with Crippen molar-refractivity contribution in [2.75, 3.05) is 11.9 Å². The molecule has 1 aromatic carbocycles. The van der Waals surface area contributed by atoms with E-state index in [4.69, 9.17) is 5.73 Å². The first-order valence-corrected chi connectivity index (χ1v) is 6.79. The molecular weight excluding hydrogens is 294 g/mol. The minimum atomic E-state index is -0.441. The van der Waals surface area contributed by atoms with Crippen LogP contribution in [0, 0.1) is 28.9 Å². The molecule has 21 heavy (non-hydrogen) atoms. The van der Waals surface area contributed by atoms with E-state index in [-0.39, 0.29) is 35.8 Å². The highest BCUT2D eigenvalue weighted by molar-refractivity contribution is 5.94. The van der Waals surface area contributed by atoms with Crippen molar-refractivity contribution in [1.29, 1.82) is 0 Å². The number of anilines is 1. The second-order valence-corrected chi connectivity index (χ2v) is 5.23. The second-order valence-electron chi connectivity index (χ2n) is 5.23. The zero-order valence-electron chi connectivity index (χ0n) is 11.9. The fourth-order valence-corrected chi connectivity index (χ4v) is 2.85. The Morgan fingerprint density at radius 2 is 2.19 bits per heavy atom. The van der Waals surface area contributed by atoms with Gasteiger partial charge in [0.25, 0.3) is 5.69 Å². The number of nitrogens with two attached hydrogens (primary N) is 1. The molecule has 1 aliphatic carbocycles. The van der Waals surface area contributed by atoms with Crippen LogP contribution in [0.2, 0.25) is 0 Å². The molecule has 2 atom stereocenters. The first kappa shape index (κ1) is 17.4.